The highest BCUT2D eigenvalue weighted by Crippen LogP contribution is 2.34. The van der Waals surface area contributed by atoms with Crippen LogP contribution in [0.3, 0.4) is 0 Å². The maximum absolute atomic E-state index is 10.8. The molecular weight excluding hydrogens is 284 g/mol. The second-order valence-electron chi connectivity index (χ2n) is 5.53. The van der Waals surface area contributed by atoms with Crippen molar-refractivity contribution in [3.8, 4) is 0 Å². The average Bonchev–Trinajstić information content (AvgIpc) is 2.83. The summed E-state index contributed by atoms with van der Waals surface area (Å²) in [6, 6.07) is 7.92. The first-order valence-electron chi connectivity index (χ1n) is 7.56. The van der Waals surface area contributed by atoms with Crippen LogP contribution < -0.4 is 5.11 Å². The Labute approximate surface area is 128 Å². The predicted molar refractivity (Wildman–Crippen MR) is 82.1 cm³/mol. The van der Waals surface area contributed by atoms with E-state index in [2.05, 4.69) is 0 Å². The Morgan fingerprint density at radius 3 is 2.81 bits per heavy atom. The molecular formula is C16H19N2O2S-. The zero-order chi connectivity index (χ0) is 14.7. The fourth-order valence-corrected chi connectivity index (χ4v) is 4.23. The molecule has 4 nitrogen and oxygen atoms in total. The number of fused-ring (bicyclic) bond motifs is 1. The maximum atomic E-state index is 10.8. The molecule has 0 aliphatic heterocycles. The third-order valence-corrected chi connectivity index (χ3v) is 5.31. The van der Waals surface area contributed by atoms with E-state index in [0.29, 0.717) is 11.8 Å². The molecule has 0 saturated heterocycles. The highest BCUT2D eigenvalue weighted by molar-refractivity contribution is 7.99. The van der Waals surface area contributed by atoms with Gasteiger partial charge in [-0.25, -0.2) is 4.98 Å². The Hall–Kier alpha value is -1.49. The largest absolute Gasteiger partial charge is 0.550 e. The van der Waals surface area contributed by atoms with Crippen molar-refractivity contribution in [3.63, 3.8) is 0 Å². The van der Waals surface area contributed by atoms with Crippen molar-refractivity contribution in [1.82, 2.24) is 9.55 Å². The van der Waals surface area contributed by atoms with E-state index in [1.165, 1.54) is 32.1 Å². The smallest absolute Gasteiger partial charge is 0.169 e. The summed E-state index contributed by atoms with van der Waals surface area (Å²) in [5.74, 6) is -1.01. The molecule has 1 saturated carbocycles. The fourth-order valence-electron chi connectivity index (χ4n) is 2.89. The van der Waals surface area contributed by atoms with Gasteiger partial charge in [0.2, 0.25) is 0 Å². The first-order chi connectivity index (χ1) is 10.2. The summed E-state index contributed by atoms with van der Waals surface area (Å²) in [5, 5.41) is 12.3. The van der Waals surface area contributed by atoms with Crippen molar-refractivity contribution in [3.05, 3.63) is 24.3 Å². The van der Waals surface area contributed by atoms with E-state index in [1.54, 1.807) is 0 Å². The number of carbonyl (C=O) groups excluding carboxylic acids is 1. The average molecular weight is 303 g/mol. The van der Waals surface area contributed by atoms with Crippen LogP contribution in [-0.2, 0) is 11.3 Å². The highest BCUT2D eigenvalue weighted by atomic mass is 32.2. The predicted octanol–water partition coefficient (Wildman–Crippen LogP) is 2.60. The van der Waals surface area contributed by atoms with Gasteiger partial charge in [0.1, 0.15) is 0 Å². The van der Waals surface area contributed by atoms with Crippen LogP contribution in [0.15, 0.2) is 29.4 Å². The number of aromatic nitrogens is 2. The van der Waals surface area contributed by atoms with Crippen molar-refractivity contribution in [2.75, 3.05) is 0 Å². The number of benzene rings is 1. The normalized spacial score (nSPS) is 16.4. The summed E-state index contributed by atoms with van der Waals surface area (Å²) in [7, 11) is 0. The van der Waals surface area contributed by atoms with E-state index >= 15 is 0 Å². The molecule has 0 amide bonds. The fraction of sp³-hybridized carbons (Fsp3) is 0.500. The number of imidazole rings is 1. The number of aryl methyl sites for hydroxylation is 1. The Kier molecular flexibility index (Phi) is 4.48. The molecule has 3 rings (SSSR count). The molecule has 0 bridgehead atoms. The lowest BCUT2D eigenvalue weighted by molar-refractivity contribution is -0.305. The molecule has 1 heterocycles. The summed E-state index contributed by atoms with van der Waals surface area (Å²) in [6.45, 7) is 0.428. The second-order valence-corrected chi connectivity index (χ2v) is 6.80. The minimum atomic E-state index is -1.01. The monoisotopic (exact) mass is 303 g/mol. The standard InChI is InChI=1S/C16H20N2O2S/c19-15(20)10-11-18-14-9-5-4-8-13(14)17-16(18)21-12-6-2-1-3-7-12/h4-5,8-9,12H,1-3,6-7,10-11H2,(H,19,20)/p-1. The number of aliphatic carboxylic acids is 1. The van der Waals surface area contributed by atoms with E-state index in [-0.39, 0.29) is 6.42 Å². The highest BCUT2D eigenvalue weighted by Gasteiger charge is 2.19. The number of thioether (sulfide) groups is 1. The molecule has 112 valence electrons. The summed E-state index contributed by atoms with van der Waals surface area (Å²) >= 11 is 1.81. The summed E-state index contributed by atoms with van der Waals surface area (Å²) in [4.78, 5) is 15.5. The van der Waals surface area contributed by atoms with Gasteiger partial charge in [0, 0.05) is 24.2 Å². The van der Waals surface area contributed by atoms with Gasteiger partial charge in [-0.1, -0.05) is 43.2 Å². The number of hydrogen-bond acceptors (Lipinski definition) is 4. The van der Waals surface area contributed by atoms with Crippen LogP contribution in [0.1, 0.15) is 38.5 Å². The molecule has 1 aromatic heterocycles. The topological polar surface area (TPSA) is 57.9 Å². The summed E-state index contributed by atoms with van der Waals surface area (Å²) < 4.78 is 2.03. The van der Waals surface area contributed by atoms with Gasteiger partial charge in [-0.3, -0.25) is 0 Å². The number of carbonyl (C=O) groups is 1. The quantitative estimate of drug-likeness (QED) is 0.852. The van der Waals surface area contributed by atoms with E-state index in [1.807, 2.05) is 40.6 Å². The molecule has 21 heavy (non-hydrogen) atoms. The molecule has 1 aromatic carbocycles. The first kappa shape index (κ1) is 14.4. The number of rotatable bonds is 5. The van der Waals surface area contributed by atoms with Crippen molar-refractivity contribution >= 4 is 28.8 Å². The molecule has 0 unspecified atom stereocenters. The maximum Gasteiger partial charge on any atom is 0.169 e. The third kappa shape index (κ3) is 3.40. The van der Waals surface area contributed by atoms with Crippen LogP contribution in [0, 0.1) is 0 Å². The number of carboxylic acid groups (broad SMARTS) is 1. The Balaban J connectivity index is 1.87. The SMILES string of the molecule is O=C([O-])CCn1c(SC2CCCCC2)nc2ccccc21. The molecule has 2 aromatic rings. The van der Waals surface area contributed by atoms with Crippen molar-refractivity contribution < 1.29 is 9.90 Å². The number of nitrogens with zero attached hydrogens (tertiary/aromatic N) is 2. The lowest BCUT2D eigenvalue weighted by atomic mass is 10.0. The van der Waals surface area contributed by atoms with Crippen molar-refractivity contribution in [1.29, 1.82) is 0 Å². The Bertz CT molecular complexity index is 632. The van der Waals surface area contributed by atoms with Gasteiger partial charge < -0.3 is 14.5 Å². The molecule has 5 heteroatoms. The van der Waals surface area contributed by atoms with Crippen LogP contribution in [0.25, 0.3) is 11.0 Å². The molecule has 1 aliphatic carbocycles. The third-order valence-electron chi connectivity index (χ3n) is 3.98. The summed E-state index contributed by atoms with van der Waals surface area (Å²) in [6.07, 6.45) is 6.40. The minimum absolute atomic E-state index is 0.0264. The van der Waals surface area contributed by atoms with Crippen molar-refractivity contribution in [2.45, 2.75) is 55.5 Å². The van der Waals surface area contributed by atoms with Gasteiger partial charge >= 0.3 is 0 Å². The van der Waals surface area contributed by atoms with E-state index < -0.39 is 5.97 Å². The van der Waals surface area contributed by atoms with Crippen LogP contribution in [0.5, 0.6) is 0 Å². The van der Waals surface area contributed by atoms with Gasteiger partial charge in [0.05, 0.1) is 11.0 Å². The van der Waals surface area contributed by atoms with Gasteiger partial charge in [0.15, 0.2) is 5.16 Å². The van der Waals surface area contributed by atoms with Gasteiger partial charge in [-0.15, -0.1) is 0 Å². The van der Waals surface area contributed by atoms with E-state index in [4.69, 9.17) is 4.98 Å². The van der Waals surface area contributed by atoms with Gasteiger partial charge in [-0.05, 0) is 25.0 Å². The van der Waals surface area contributed by atoms with Crippen LogP contribution in [-0.4, -0.2) is 20.8 Å². The van der Waals surface area contributed by atoms with E-state index in [9.17, 15) is 9.90 Å². The van der Waals surface area contributed by atoms with Crippen LogP contribution in [0.2, 0.25) is 0 Å². The minimum Gasteiger partial charge on any atom is -0.550 e. The lowest BCUT2D eigenvalue weighted by Crippen LogP contribution is -2.23. The zero-order valence-electron chi connectivity index (χ0n) is 12.0. The van der Waals surface area contributed by atoms with Crippen molar-refractivity contribution in [2.24, 2.45) is 0 Å². The molecule has 1 aliphatic rings. The van der Waals surface area contributed by atoms with Gasteiger partial charge in [0.25, 0.3) is 0 Å². The molecule has 0 N–H and O–H groups in total. The zero-order valence-corrected chi connectivity index (χ0v) is 12.8. The first-order valence-corrected chi connectivity index (χ1v) is 8.44. The number of para-hydroxylation sites is 2. The van der Waals surface area contributed by atoms with E-state index in [0.717, 1.165) is 16.2 Å². The molecule has 0 radical (unpaired) electrons. The molecule has 1 fully saturated rings. The number of hydrogen-bond donors (Lipinski definition) is 0. The number of carboxylic acids is 1. The summed E-state index contributed by atoms with van der Waals surface area (Å²) in [5.41, 5.74) is 1.95. The molecule has 0 atom stereocenters. The van der Waals surface area contributed by atoms with Crippen LogP contribution >= 0.6 is 11.8 Å². The van der Waals surface area contributed by atoms with Crippen LogP contribution in [0.4, 0.5) is 0 Å². The lowest BCUT2D eigenvalue weighted by Gasteiger charge is -2.21. The molecule has 0 spiro atoms. The Morgan fingerprint density at radius 1 is 1.29 bits per heavy atom. The van der Waals surface area contributed by atoms with Gasteiger partial charge in [-0.2, -0.15) is 0 Å². The Morgan fingerprint density at radius 2 is 2.05 bits per heavy atom. The second kappa shape index (κ2) is 6.52.